The highest BCUT2D eigenvalue weighted by atomic mass is 16.3. The predicted octanol–water partition coefficient (Wildman–Crippen LogP) is 11.2. The number of furan rings is 1. The molecule has 0 spiro atoms. The third-order valence-corrected chi connectivity index (χ3v) is 9.69. The van der Waals surface area contributed by atoms with Gasteiger partial charge in [0.05, 0.1) is 11.1 Å². The molecule has 0 radical (unpaired) electrons. The van der Waals surface area contributed by atoms with Crippen LogP contribution in [-0.2, 0) is 0 Å². The van der Waals surface area contributed by atoms with Crippen molar-refractivity contribution in [3.05, 3.63) is 152 Å². The lowest BCUT2D eigenvalue weighted by molar-refractivity contribution is 0.621. The number of rotatable bonds is 4. The SMILES string of the molecule is c1ccc(-c2nc(-c3cccc4c3oc3ccccc34)nc(-n3c4c5ccccc5ccc4c4ccc5nc(-c6ccccc6)oc5c43)n2)cc1. The van der Waals surface area contributed by atoms with Gasteiger partial charge in [-0.05, 0) is 41.8 Å². The van der Waals surface area contributed by atoms with Crippen molar-refractivity contribution in [3.8, 4) is 40.2 Å². The maximum absolute atomic E-state index is 6.67. The van der Waals surface area contributed by atoms with Gasteiger partial charge in [-0.15, -0.1) is 0 Å². The quantitative estimate of drug-likeness (QED) is 0.188. The van der Waals surface area contributed by atoms with Crippen molar-refractivity contribution in [2.24, 2.45) is 0 Å². The lowest BCUT2D eigenvalue weighted by Gasteiger charge is -2.12. The third kappa shape index (κ3) is 4.18. The molecule has 0 saturated heterocycles. The van der Waals surface area contributed by atoms with Crippen molar-refractivity contribution in [1.29, 1.82) is 0 Å². The molecule has 7 heteroatoms. The summed E-state index contributed by atoms with van der Waals surface area (Å²) in [5.41, 5.74) is 7.34. The van der Waals surface area contributed by atoms with E-state index in [1.54, 1.807) is 0 Å². The average molecular weight is 656 g/mol. The van der Waals surface area contributed by atoms with E-state index in [2.05, 4.69) is 59.2 Å². The van der Waals surface area contributed by atoms with E-state index in [1.807, 2.05) is 97.1 Å². The van der Waals surface area contributed by atoms with Gasteiger partial charge in [0.1, 0.15) is 22.2 Å². The Morgan fingerprint density at radius 2 is 1.10 bits per heavy atom. The van der Waals surface area contributed by atoms with Gasteiger partial charge < -0.3 is 8.83 Å². The van der Waals surface area contributed by atoms with Crippen LogP contribution < -0.4 is 0 Å². The van der Waals surface area contributed by atoms with Crippen LogP contribution in [0.1, 0.15) is 0 Å². The lowest BCUT2D eigenvalue weighted by atomic mass is 10.1. The highest BCUT2D eigenvalue weighted by molar-refractivity contribution is 6.22. The molecule has 0 aliphatic heterocycles. The third-order valence-electron chi connectivity index (χ3n) is 9.69. The number of aromatic nitrogens is 5. The van der Waals surface area contributed by atoms with Crippen molar-refractivity contribution in [2.45, 2.75) is 0 Å². The molecule has 0 bridgehead atoms. The summed E-state index contributed by atoms with van der Waals surface area (Å²) in [6, 6.07) is 51.1. The van der Waals surface area contributed by atoms with Crippen LogP contribution in [0.3, 0.4) is 0 Å². The largest absolute Gasteiger partial charge is 0.455 e. The minimum absolute atomic E-state index is 0.466. The zero-order valence-electron chi connectivity index (χ0n) is 27.0. The fraction of sp³-hybridized carbons (Fsp3) is 0. The summed E-state index contributed by atoms with van der Waals surface area (Å²) in [4.78, 5) is 20.6. The van der Waals surface area contributed by atoms with Crippen LogP contribution in [0.25, 0.3) is 106 Å². The molecular weight excluding hydrogens is 631 g/mol. The normalized spacial score (nSPS) is 11.9. The Kier molecular flexibility index (Phi) is 5.83. The molecule has 11 rings (SSSR count). The molecule has 51 heavy (non-hydrogen) atoms. The van der Waals surface area contributed by atoms with Gasteiger partial charge in [-0.3, -0.25) is 4.57 Å². The van der Waals surface area contributed by atoms with Crippen LogP contribution in [0.2, 0.25) is 0 Å². The number of fused-ring (bicyclic) bond motifs is 10. The number of benzene rings is 7. The zero-order chi connectivity index (χ0) is 33.5. The number of hydrogen-bond acceptors (Lipinski definition) is 6. The molecular formula is C44H25N5O2. The smallest absolute Gasteiger partial charge is 0.238 e. The Morgan fingerprint density at radius 1 is 0.412 bits per heavy atom. The molecule has 11 aromatic rings. The number of oxazole rings is 1. The fourth-order valence-corrected chi connectivity index (χ4v) is 7.37. The summed E-state index contributed by atoms with van der Waals surface area (Å²) in [6.45, 7) is 0. The fourth-order valence-electron chi connectivity index (χ4n) is 7.37. The molecule has 7 aromatic carbocycles. The lowest BCUT2D eigenvalue weighted by Crippen LogP contribution is -2.07. The van der Waals surface area contributed by atoms with E-state index in [0.717, 1.165) is 76.7 Å². The molecule has 0 aliphatic carbocycles. The zero-order valence-corrected chi connectivity index (χ0v) is 27.0. The Hall–Kier alpha value is -7.12. The summed E-state index contributed by atoms with van der Waals surface area (Å²) < 4.78 is 15.3. The Morgan fingerprint density at radius 3 is 1.96 bits per heavy atom. The summed E-state index contributed by atoms with van der Waals surface area (Å²) in [5, 5.41) is 6.31. The summed E-state index contributed by atoms with van der Waals surface area (Å²) in [7, 11) is 0. The highest BCUT2D eigenvalue weighted by Crippen LogP contribution is 2.41. The van der Waals surface area contributed by atoms with Gasteiger partial charge in [0.15, 0.2) is 17.2 Å². The molecule has 238 valence electrons. The maximum Gasteiger partial charge on any atom is 0.238 e. The summed E-state index contributed by atoms with van der Waals surface area (Å²) >= 11 is 0. The molecule has 0 amide bonds. The first-order valence-corrected chi connectivity index (χ1v) is 16.8. The topological polar surface area (TPSA) is 82.8 Å². The number of para-hydroxylation sites is 2. The van der Waals surface area contributed by atoms with Crippen LogP contribution in [-0.4, -0.2) is 24.5 Å². The highest BCUT2D eigenvalue weighted by Gasteiger charge is 2.24. The standard InChI is InChI=1S/C44H25N5O2/c1-3-13-27(14-4-1)41-46-42(34-20-11-19-33-30-18-9-10-21-36(30)50-39(33)34)48-44(47-41)49-37-29-17-8-7-12-26(29)22-23-31(37)32-24-25-35-40(38(32)49)51-43(45-35)28-15-5-2-6-16-28/h1-25H. The second-order valence-corrected chi connectivity index (χ2v) is 12.6. The molecule has 0 saturated carbocycles. The summed E-state index contributed by atoms with van der Waals surface area (Å²) in [5.74, 6) is 2.08. The minimum atomic E-state index is 0.466. The molecule has 0 atom stereocenters. The van der Waals surface area contributed by atoms with E-state index >= 15 is 0 Å². The summed E-state index contributed by atoms with van der Waals surface area (Å²) in [6.07, 6.45) is 0. The van der Waals surface area contributed by atoms with E-state index in [-0.39, 0.29) is 0 Å². The van der Waals surface area contributed by atoms with Gasteiger partial charge in [-0.25, -0.2) is 9.97 Å². The van der Waals surface area contributed by atoms with Gasteiger partial charge >= 0.3 is 0 Å². The van der Waals surface area contributed by atoms with Crippen LogP contribution in [0.4, 0.5) is 0 Å². The van der Waals surface area contributed by atoms with Crippen molar-refractivity contribution < 1.29 is 8.83 Å². The first kappa shape index (κ1) is 27.8. The Labute approximate surface area is 290 Å². The monoisotopic (exact) mass is 655 g/mol. The van der Waals surface area contributed by atoms with E-state index in [4.69, 9.17) is 28.8 Å². The van der Waals surface area contributed by atoms with Gasteiger partial charge in [-0.2, -0.15) is 9.97 Å². The molecule has 7 nitrogen and oxygen atoms in total. The molecule has 0 aliphatic rings. The first-order valence-electron chi connectivity index (χ1n) is 16.8. The van der Waals surface area contributed by atoms with Gasteiger partial charge in [0, 0.05) is 38.1 Å². The van der Waals surface area contributed by atoms with Crippen molar-refractivity contribution >= 4 is 65.6 Å². The van der Waals surface area contributed by atoms with Gasteiger partial charge in [0.25, 0.3) is 0 Å². The van der Waals surface area contributed by atoms with Gasteiger partial charge in [-0.1, -0.05) is 115 Å². The second kappa shape index (κ2) is 10.7. The minimum Gasteiger partial charge on any atom is -0.455 e. The molecule has 0 N–H and O–H groups in total. The Balaban J connectivity index is 1.29. The molecule has 4 heterocycles. The van der Waals surface area contributed by atoms with Crippen LogP contribution in [0, 0.1) is 0 Å². The molecule has 0 unspecified atom stereocenters. The first-order chi connectivity index (χ1) is 25.3. The van der Waals surface area contributed by atoms with Crippen LogP contribution in [0.15, 0.2) is 160 Å². The van der Waals surface area contributed by atoms with E-state index in [1.165, 1.54) is 0 Å². The number of hydrogen-bond donors (Lipinski definition) is 0. The van der Waals surface area contributed by atoms with E-state index in [9.17, 15) is 0 Å². The van der Waals surface area contributed by atoms with Crippen molar-refractivity contribution in [2.75, 3.05) is 0 Å². The number of nitrogens with zero attached hydrogens (tertiary/aromatic N) is 5. The van der Waals surface area contributed by atoms with Crippen LogP contribution in [0.5, 0.6) is 0 Å². The average Bonchev–Trinajstić information content (AvgIpc) is 3.90. The molecule has 0 fully saturated rings. The Bertz CT molecular complexity index is 3140. The van der Waals surface area contributed by atoms with Crippen molar-refractivity contribution in [3.63, 3.8) is 0 Å². The predicted molar refractivity (Wildman–Crippen MR) is 203 cm³/mol. The molecule has 4 aromatic heterocycles. The van der Waals surface area contributed by atoms with E-state index in [0.29, 0.717) is 29.1 Å². The maximum atomic E-state index is 6.67. The van der Waals surface area contributed by atoms with Gasteiger partial charge in [0.2, 0.25) is 11.8 Å². The van der Waals surface area contributed by atoms with E-state index < -0.39 is 0 Å². The van der Waals surface area contributed by atoms with Crippen molar-refractivity contribution in [1.82, 2.24) is 24.5 Å². The van der Waals surface area contributed by atoms with Crippen LogP contribution >= 0.6 is 0 Å². The second-order valence-electron chi connectivity index (χ2n) is 12.6.